The standard InChI is InChI=1S/C19H16F4N2O3/c1-10-2-4-12(5-3-10)16(26)14-15(11-6-8-13(20)9-7-11)24-17(27)25-18(14,28)19(21,22)23/h2-9,14-15,28H,1H3,(H2,24,25,27)/t14-,15-,18+/m0/s1. The number of aliphatic hydroxyl groups is 1. The summed E-state index contributed by atoms with van der Waals surface area (Å²) in [6.07, 6.45) is -5.34. The highest BCUT2D eigenvalue weighted by Gasteiger charge is 2.66. The van der Waals surface area contributed by atoms with Crippen molar-refractivity contribution in [3.8, 4) is 0 Å². The molecule has 0 unspecified atom stereocenters. The number of carbonyl (C=O) groups is 2. The number of amides is 2. The fourth-order valence-corrected chi connectivity index (χ4v) is 3.18. The van der Waals surface area contributed by atoms with Gasteiger partial charge in [-0.3, -0.25) is 4.79 Å². The van der Waals surface area contributed by atoms with E-state index in [1.807, 2.05) is 0 Å². The Hall–Kier alpha value is -2.94. The summed E-state index contributed by atoms with van der Waals surface area (Å²) < 4.78 is 54.4. The molecular weight excluding hydrogens is 380 g/mol. The third kappa shape index (κ3) is 3.45. The van der Waals surface area contributed by atoms with Crippen molar-refractivity contribution in [1.82, 2.24) is 10.6 Å². The first kappa shape index (κ1) is 19.8. The summed E-state index contributed by atoms with van der Waals surface area (Å²) in [6.45, 7) is 1.74. The first-order chi connectivity index (χ1) is 13.0. The fourth-order valence-electron chi connectivity index (χ4n) is 3.18. The maximum atomic E-state index is 13.7. The predicted molar refractivity (Wildman–Crippen MR) is 90.8 cm³/mol. The van der Waals surface area contributed by atoms with E-state index in [0.29, 0.717) is 0 Å². The summed E-state index contributed by atoms with van der Waals surface area (Å²) in [5, 5.41) is 14.1. The van der Waals surface area contributed by atoms with E-state index in [-0.39, 0.29) is 11.1 Å². The van der Waals surface area contributed by atoms with Gasteiger partial charge in [0.05, 0.1) is 6.04 Å². The Kier molecular flexibility index (Phi) is 4.88. The summed E-state index contributed by atoms with van der Waals surface area (Å²) in [5.74, 6) is -3.81. The molecule has 1 aliphatic heterocycles. The molecule has 0 radical (unpaired) electrons. The molecule has 0 spiro atoms. The van der Waals surface area contributed by atoms with E-state index < -0.39 is 41.5 Å². The van der Waals surface area contributed by atoms with Crippen LogP contribution < -0.4 is 10.6 Å². The highest BCUT2D eigenvalue weighted by atomic mass is 19.4. The molecule has 0 saturated carbocycles. The number of alkyl halides is 3. The minimum Gasteiger partial charge on any atom is -0.363 e. The lowest BCUT2D eigenvalue weighted by Gasteiger charge is -2.45. The number of aryl methyl sites for hydroxylation is 1. The minimum absolute atomic E-state index is 0.0457. The number of rotatable bonds is 3. The van der Waals surface area contributed by atoms with Crippen LogP contribution in [0.1, 0.15) is 27.5 Å². The number of nitrogens with one attached hydrogen (secondary N) is 2. The number of Topliss-reactive ketones (excluding diaryl/α,β-unsaturated/α-hetero) is 1. The van der Waals surface area contributed by atoms with E-state index in [1.54, 1.807) is 19.1 Å². The normalized spacial score (nSPS) is 25.0. The maximum Gasteiger partial charge on any atom is 0.437 e. The van der Waals surface area contributed by atoms with Gasteiger partial charge in [-0.25, -0.2) is 9.18 Å². The molecule has 0 bridgehead atoms. The average Bonchev–Trinajstić information content (AvgIpc) is 2.61. The van der Waals surface area contributed by atoms with E-state index in [0.717, 1.165) is 29.8 Å². The van der Waals surface area contributed by atoms with Crippen LogP contribution in [-0.2, 0) is 0 Å². The fraction of sp³-hybridized carbons (Fsp3) is 0.263. The Labute approximate surface area is 157 Å². The second kappa shape index (κ2) is 6.90. The molecule has 3 N–H and O–H groups in total. The molecule has 2 aromatic carbocycles. The van der Waals surface area contributed by atoms with Crippen molar-refractivity contribution in [2.45, 2.75) is 24.9 Å². The molecule has 1 aliphatic rings. The van der Waals surface area contributed by atoms with E-state index in [4.69, 9.17) is 0 Å². The van der Waals surface area contributed by atoms with Crippen LogP contribution in [0.3, 0.4) is 0 Å². The summed E-state index contributed by atoms with van der Waals surface area (Å²) in [7, 11) is 0. The largest absolute Gasteiger partial charge is 0.437 e. The average molecular weight is 396 g/mol. The molecule has 1 fully saturated rings. The van der Waals surface area contributed by atoms with Crippen LogP contribution in [0.5, 0.6) is 0 Å². The van der Waals surface area contributed by atoms with Gasteiger partial charge in [-0.1, -0.05) is 42.0 Å². The molecule has 3 rings (SSSR count). The van der Waals surface area contributed by atoms with Crippen molar-refractivity contribution in [2.75, 3.05) is 0 Å². The molecule has 9 heteroatoms. The second-order valence-corrected chi connectivity index (χ2v) is 6.60. The van der Waals surface area contributed by atoms with Crippen molar-refractivity contribution < 1.29 is 32.3 Å². The molecule has 1 saturated heterocycles. The van der Waals surface area contributed by atoms with Crippen LogP contribution in [0.4, 0.5) is 22.4 Å². The molecule has 1 heterocycles. The van der Waals surface area contributed by atoms with Gasteiger partial charge in [-0.15, -0.1) is 0 Å². The van der Waals surface area contributed by atoms with Gasteiger partial charge in [0.15, 0.2) is 5.78 Å². The van der Waals surface area contributed by atoms with Crippen LogP contribution >= 0.6 is 0 Å². The predicted octanol–water partition coefficient (Wildman–Crippen LogP) is 3.24. The Morgan fingerprint density at radius 1 is 1.07 bits per heavy atom. The van der Waals surface area contributed by atoms with E-state index in [9.17, 15) is 32.3 Å². The van der Waals surface area contributed by atoms with Crippen molar-refractivity contribution in [2.24, 2.45) is 5.92 Å². The third-order valence-electron chi connectivity index (χ3n) is 4.65. The Bertz CT molecular complexity index is 897. The summed E-state index contributed by atoms with van der Waals surface area (Å²) in [5.41, 5.74) is -3.04. The topological polar surface area (TPSA) is 78.4 Å². The number of benzene rings is 2. The number of halogens is 4. The summed E-state index contributed by atoms with van der Waals surface area (Å²) in [6, 6.07) is 7.21. The monoisotopic (exact) mass is 396 g/mol. The first-order valence-corrected chi connectivity index (χ1v) is 8.27. The molecule has 0 aromatic heterocycles. The van der Waals surface area contributed by atoms with Crippen molar-refractivity contribution in [3.63, 3.8) is 0 Å². The number of ketones is 1. The van der Waals surface area contributed by atoms with E-state index in [2.05, 4.69) is 5.32 Å². The number of hydrogen-bond acceptors (Lipinski definition) is 3. The zero-order chi connectivity index (χ0) is 20.7. The zero-order valence-electron chi connectivity index (χ0n) is 14.5. The van der Waals surface area contributed by atoms with Gasteiger partial charge in [-0.05, 0) is 24.6 Å². The smallest absolute Gasteiger partial charge is 0.363 e. The van der Waals surface area contributed by atoms with Gasteiger partial charge in [-0.2, -0.15) is 13.2 Å². The lowest BCUT2D eigenvalue weighted by atomic mass is 9.77. The highest BCUT2D eigenvalue weighted by molar-refractivity contribution is 6.00. The molecule has 0 aliphatic carbocycles. The summed E-state index contributed by atoms with van der Waals surface area (Å²) >= 11 is 0. The zero-order valence-corrected chi connectivity index (χ0v) is 14.5. The maximum absolute atomic E-state index is 13.7. The molecule has 2 amide bonds. The van der Waals surface area contributed by atoms with Crippen molar-refractivity contribution in [3.05, 3.63) is 71.0 Å². The molecule has 28 heavy (non-hydrogen) atoms. The second-order valence-electron chi connectivity index (χ2n) is 6.60. The third-order valence-corrected chi connectivity index (χ3v) is 4.65. The Balaban J connectivity index is 2.15. The van der Waals surface area contributed by atoms with Crippen LogP contribution in [0, 0.1) is 18.7 Å². The van der Waals surface area contributed by atoms with Crippen molar-refractivity contribution in [1.29, 1.82) is 0 Å². The van der Waals surface area contributed by atoms with Gasteiger partial charge in [0.1, 0.15) is 11.7 Å². The molecular formula is C19H16F4N2O3. The van der Waals surface area contributed by atoms with Gasteiger partial charge in [0.25, 0.3) is 0 Å². The lowest BCUT2D eigenvalue weighted by molar-refractivity contribution is -0.287. The van der Waals surface area contributed by atoms with E-state index >= 15 is 0 Å². The number of carbonyl (C=O) groups excluding carboxylic acids is 2. The SMILES string of the molecule is Cc1ccc(C(=O)[C@@H]2[C@H](c3ccc(F)cc3)NC(=O)N[C@]2(O)C(F)(F)F)cc1. The van der Waals surface area contributed by atoms with E-state index in [1.165, 1.54) is 17.4 Å². The Morgan fingerprint density at radius 3 is 2.18 bits per heavy atom. The first-order valence-electron chi connectivity index (χ1n) is 8.27. The highest BCUT2D eigenvalue weighted by Crippen LogP contribution is 2.43. The quantitative estimate of drug-likeness (QED) is 0.551. The Morgan fingerprint density at radius 2 is 1.64 bits per heavy atom. The number of urea groups is 1. The van der Waals surface area contributed by atoms with Crippen molar-refractivity contribution >= 4 is 11.8 Å². The molecule has 3 atom stereocenters. The van der Waals surface area contributed by atoms with Gasteiger partial charge in [0, 0.05) is 5.56 Å². The lowest BCUT2D eigenvalue weighted by Crippen LogP contribution is -2.72. The van der Waals surface area contributed by atoms with Gasteiger partial charge in [0.2, 0.25) is 5.72 Å². The van der Waals surface area contributed by atoms with Crippen LogP contribution in [0.25, 0.3) is 0 Å². The van der Waals surface area contributed by atoms with Crippen LogP contribution in [0.2, 0.25) is 0 Å². The molecule has 148 valence electrons. The van der Waals surface area contributed by atoms with Gasteiger partial charge < -0.3 is 15.7 Å². The minimum atomic E-state index is -5.34. The number of hydrogen-bond donors (Lipinski definition) is 3. The molecule has 2 aromatic rings. The van der Waals surface area contributed by atoms with Gasteiger partial charge >= 0.3 is 12.2 Å². The summed E-state index contributed by atoms with van der Waals surface area (Å²) in [4.78, 5) is 24.9. The molecule has 5 nitrogen and oxygen atoms in total. The van der Waals surface area contributed by atoms with Crippen LogP contribution in [-0.4, -0.2) is 28.8 Å². The van der Waals surface area contributed by atoms with Crippen LogP contribution in [0.15, 0.2) is 48.5 Å².